The SMILES string of the molecule is COc1ccc(B(O)O)c(CSc2ccc(C)c(C)c2)c1. The zero-order valence-corrected chi connectivity index (χ0v) is 13.3. The third-order valence-corrected chi connectivity index (χ3v) is 4.54. The van der Waals surface area contributed by atoms with Gasteiger partial charge in [-0.25, -0.2) is 0 Å². The van der Waals surface area contributed by atoms with Gasteiger partial charge in [-0.05, 0) is 60.3 Å². The summed E-state index contributed by atoms with van der Waals surface area (Å²) in [5.74, 6) is 1.38. The monoisotopic (exact) mass is 302 g/mol. The zero-order valence-electron chi connectivity index (χ0n) is 12.5. The molecule has 0 unspecified atom stereocenters. The van der Waals surface area contributed by atoms with Crippen molar-refractivity contribution in [1.29, 1.82) is 0 Å². The summed E-state index contributed by atoms with van der Waals surface area (Å²) in [7, 11) is 0.135. The van der Waals surface area contributed by atoms with E-state index >= 15 is 0 Å². The van der Waals surface area contributed by atoms with Gasteiger partial charge in [-0.2, -0.15) is 0 Å². The van der Waals surface area contributed by atoms with Crippen LogP contribution in [0.25, 0.3) is 0 Å². The van der Waals surface area contributed by atoms with Gasteiger partial charge in [0.2, 0.25) is 0 Å². The summed E-state index contributed by atoms with van der Waals surface area (Å²) in [6.07, 6.45) is 0. The first-order valence-electron chi connectivity index (χ1n) is 6.74. The molecule has 0 aliphatic carbocycles. The summed E-state index contributed by atoms with van der Waals surface area (Å²) in [4.78, 5) is 1.17. The molecule has 0 aromatic heterocycles. The summed E-state index contributed by atoms with van der Waals surface area (Å²) in [5, 5.41) is 18.9. The molecule has 0 bridgehead atoms. The van der Waals surface area contributed by atoms with Crippen molar-refractivity contribution < 1.29 is 14.8 Å². The third kappa shape index (κ3) is 4.03. The van der Waals surface area contributed by atoms with Gasteiger partial charge >= 0.3 is 7.12 Å². The molecule has 0 aliphatic heterocycles. The van der Waals surface area contributed by atoms with E-state index in [9.17, 15) is 10.0 Å². The highest BCUT2D eigenvalue weighted by Crippen LogP contribution is 2.25. The summed E-state index contributed by atoms with van der Waals surface area (Å²) in [6.45, 7) is 4.18. The van der Waals surface area contributed by atoms with E-state index < -0.39 is 7.12 Å². The first kappa shape index (κ1) is 16.0. The number of thioether (sulfide) groups is 1. The Morgan fingerprint density at radius 2 is 1.81 bits per heavy atom. The number of benzene rings is 2. The second kappa shape index (κ2) is 7.03. The van der Waals surface area contributed by atoms with Gasteiger partial charge in [0.1, 0.15) is 5.75 Å². The Balaban J connectivity index is 2.19. The third-order valence-electron chi connectivity index (χ3n) is 3.50. The van der Waals surface area contributed by atoms with Crippen LogP contribution in [-0.2, 0) is 5.75 Å². The molecule has 0 atom stereocenters. The Morgan fingerprint density at radius 1 is 1.05 bits per heavy atom. The topological polar surface area (TPSA) is 49.7 Å². The molecule has 2 N–H and O–H groups in total. The molecule has 3 nitrogen and oxygen atoms in total. The van der Waals surface area contributed by atoms with Crippen molar-refractivity contribution in [2.24, 2.45) is 0 Å². The second-order valence-corrected chi connectivity index (χ2v) is 6.02. The first-order valence-corrected chi connectivity index (χ1v) is 7.73. The molecule has 0 saturated heterocycles. The fraction of sp³-hybridized carbons (Fsp3) is 0.250. The lowest BCUT2D eigenvalue weighted by Gasteiger charge is -2.11. The van der Waals surface area contributed by atoms with E-state index in [-0.39, 0.29) is 0 Å². The van der Waals surface area contributed by atoms with Gasteiger partial charge in [-0.3, -0.25) is 0 Å². The lowest BCUT2D eigenvalue weighted by Crippen LogP contribution is -2.32. The second-order valence-electron chi connectivity index (χ2n) is 4.97. The maximum absolute atomic E-state index is 9.45. The lowest BCUT2D eigenvalue weighted by atomic mass is 9.77. The normalized spacial score (nSPS) is 10.5. The van der Waals surface area contributed by atoms with E-state index in [4.69, 9.17) is 4.74 Å². The number of hydrogen-bond acceptors (Lipinski definition) is 4. The van der Waals surface area contributed by atoms with E-state index in [0.717, 1.165) is 11.3 Å². The van der Waals surface area contributed by atoms with Crippen molar-refractivity contribution in [3.63, 3.8) is 0 Å². The van der Waals surface area contributed by atoms with E-state index in [1.807, 2.05) is 6.07 Å². The van der Waals surface area contributed by atoms with Crippen molar-refractivity contribution >= 4 is 24.3 Å². The van der Waals surface area contributed by atoms with Crippen molar-refractivity contribution in [1.82, 2.24) is 0 Å². The number of aryl methyl sites for hydroxylation is 2. The van der Waals surface area contributed by atoms with Crippen LogP contribution in [0, 0.1) is 13.8 Å². The summed E-state index contributed by atoms with van der Waals surface area (Å²) in [5.41, 5.74) is 3.92. The predicted molar refractivity (Wildman–Crippen MR) is 88.3 cm³/mol. The molecule has 0 fully saturated rings. The zero-order chi connectivity index (χ0) is 15.4. The van der Waals surface area contributed by atoms with Crippen molar-refractivity contribution in [3.8, 4) is 5.75 Å². The Bertz CT molecular complexity index is 629. The minimum absolute atomic E-state index is 0.520. The molecule has 2 rings (SSSR count). The van der Waals surface area contributed by atoms with Gasteiger partial charge in [0.25, 0.3) is 0 Å². The van der Waals surface area contributed by atoms with Crippen LogP contribution in [0.5, 0.6) is 5.75 Å². The standard InChI is InChI=1S/C16H19BO3S/c1-11-4-6-15(8-12(11)2)21-10-13-9-14(20-3)5-7-16(13)17(18)19/h4-9,18-19H,10H2,1-3H3. The summed E-state index contributed by atoms with van der Waals surface area (Å²) >= 11 is 1.67. The Hall–Kier alpha value is -1.43. The smallest absolute Gasteiger partial charge is 0.488 e. The van der Waals surface area contributed by atoms with E-state index in [1.54, 1.807) is 31.0 Å². The minimum Gasteiger partial charge on any atom is -0.497 e. The molecule has 0 spiro atoms. The average Bonchev–Trinajstić information content (AvgIpc) is 2.48. The molecule has 0 saturated carbocycles. The highest BCUT2D eigenvalue weighted by molar-refractivity contribution is 7.98. The maximum atomic E-state index is 9.45. The summed E-state index contributed by atoms with van der Waals surface area (Å²) in [6, 6.07) is 11.6. The number of hydrogen-bond donors (Lipinski definition) is 2. The molecule has 2 aromatic carbocycles. The highest BCUT2D eigenvalue weighted by Gasteiger charge is 2.16. The van der Waals surface area contributed by atoms with Crippen LogP contribution >= 0.6 is 11.8 Å². The number of ether oxygens (including phenoxy) is 1. The van der Waals surface area contributed by atoms with Crippen LogP contribution in [0.2, 0.25) is 0 Å². The van der Waals surface area contributed by atoms with E-state index in [0.29, 0.717) is 11.2 Å². The van der Waals surface area contributed by atoms with Gasteiger partial charge in [0, 0.05) is 10.6 Å². The number of rotatable bonds is 5. The molecule has 0 amide bonds. The van der Waals surface area contributed by atoms with Crippen molar-refractivity contribution in [2.75, 3.05) is 7.11 Å². The molecule has 0 aliphatic rings. The fourth-order valence-corrected chi connectivity index (χ4v) is 3.05. The molecule has 5 heteroatoms. The van der Waals surface area contributed by atoms with Gasteiger partial charge < -0.3 is 14.8 Å². The van der Waals surface area contributed by atoms with Crippen molar-refractivity contribution in [2.45, 2.75) is 24.5 Å². The first-order chi connectivity index (χ1) is 10.0. The van der Waals surface area contributed by atoms with Crippen LogP contribution in [0.3, 0.4) is 0 Å². The fourth-order valence-electron chi connectivity index (χ4n) is 2.05. The van der Waals surface area contributed by atoms with Gasteiger partial charge in [0.15, 0.2) is 0 Å². The average molecular weight is 302 g/mol. The van der Waals surface area contributed by atoms with Gasteiger partial charge in [0.05, 0.1) is 7.11 Å². The van der Waals surface area contributed by atoms with Crippen LogP contribution in [0.1, 0.15) is 16.7 Å². The van der Waals surface area contributed by atoms with Crippen LogP contribution in [0.15, 0.2) is 41.3 Å². The van der Waals surface area contributed by atoms with E-state index in [2.05, 4.69) is 32.0 Å². The van der Waals surface area contributed by atoms with Crippen LogP contribution < -0.4 is 10.2 Å². The lowest BCUT2D eigenvalue weighted by molar-refractivity contribution is 0.413. The highest BCUT2D eigenvalue weighted by atomic mass is 32.2. The molecular weight excluding hydrogens is 283 g/mol. The summed E-state index contributed by atoms with van der Waals surface area (Å²) < 4.78 is 5.20. The van der Waals surface area contributed by atoms with Crippen molar-refractivity contribution in [3.05, 3.63) is 53.1 Å². The largest absolute Gasteiger partial charge is 0.497 e. The van der Waals surface area contributed by atoms with Crippen LogP contribution in [0.4, 0.5) is 0 Å². The Morgan fingerprint density at radius 3 is 2.43 bits per heavy atom. The van der Waals surface area contributed by atoms with E-state index in [1.165, 1.54) is 16.0 Å². The molecular formula is C16H19BO3S. The molecule has 2 aromatic rings. The van der Waals surface area contributed by atoms with Gasteiger partial charge in [-0.1, -0.05) is 12.1 Å². The molecule has 0 radical (unpaired) electrons. The molecule has 0 heterocycles. The predicted octanol–water partition coefficient (Wildman–Crippen LogP) is 2.28. The molecule has 110 valence electrons. The Kier molecular flexibility index (Phi) is 5.34. The maximum Gasteiger partial charge on any atom is 0.488 e. The number of methoxy groups -OCH3 is 1. The van der Waals surface area contributed by atoms with Gasteiger partial charge in [-0.15, -0.1) is 11.8 Å². The quantitative estimate of drug-likeness (QED) is 0.657. The minimum atomic E-state index is -1.47. The Labute approximate surface area is 130 Å². The molecule has 21 heavy (non-hydrogen) atoms. The van der Waals surface area contributed by atoms with Crippen LogP contribution in [-0.4, -0.2) is 24.3 Å².